The molecule has 2 aliphatic heterocycles. The number of hydroxylamine groups is 4. The standard InChI is InChI=1S/C20H35NO9.C14H23NO9/c22-10-5-13-28-16-17(29-14-6-11-23)15-27-12-4-2-1-3-7-20(26)30-21-18(24)8-9-19(21)25;16-5-1-7-21-9-11(22-8-2-6-17)10-23-14(20)24-15-12(18)3-4-13(15)19/h17,22-23H,1-16H2;11,16-17H,1-10H2. The zero-order valence-electron chi connectivity index (χ0n) is 30.9. The molecule has 54 heavy (non-hydrogen) atoms. The smallest absolute Gasteiger partial charge is 0.430 e. The number of ether oxygens (including phenoxy) is 6. The van der Waals surface area contributed by atoms with Gasteiger partial charge in [0.05, 0.1) is 19.8 Å². The Morgan fingerprint density at radius 1 is 0.500 bits per heavy atom. The molecule has 312 valence electrons. The Morgan fingerprint density at radius 3 is 1.35 bits per heavy atom. The second-order valence-electron chi connectivity index (χ2n) is 12.0. The molecule has 20 nitrogen and oxygen atoms in total. The average Bonchev–Trinajstić information content (AvgIpc) is 3.65. The summed E-state index contributed by atoms with van der Waals surface area (Å²) in [5.74, 6) is -2.70. The Kier molecular flexibility index (Phi) is 28.8. The van der Waals surface area contributed by atoms with Crippen LogP contribution in [-0.4, -0.2) is 164 Å². The van der Waals surface area contributed by atoms with E-state index in [9.17, 15) is 28.8 Å². The largest absolute Gasteiger partial charge is 0.534 e. The molecule has 4 N–H and O–H groups in total. The van der Waals surface area contributed by atoms with E-state index in [1.165, 1.54) is 0 Å². The van der Waals surface area contributed by atoms with Gasteiger partial charge in [0.25, 0.3) is 23.6 Å². The van der Waals surface area contributed by atoms with Crippen LogP contribution in [0, 0.1) is 0 Å². The highest BCUT2D eigenvalue weighted by Gasteiger charge is 2.34. The molecule has 0 aromatic carbocycles. The first-order valence-electron chi connectivity index (χ1n) is 18.3. The van der Waals surface area contributed by atoms with Gasteiger partial charge in [-0.15, -0.1) is 5.06 Å². The number of hydrogen-bond donors (Lipinski definition) is 4. The van der Waals surface area contributed by atoms with Crippen molar-refractivity contribution >= 4 is 35.8 Å². The van der Waals surface area contributed by atoms with Crippen LogP contribution in [0.3, 0.4) is 0 Å². The fraction of sp³-hybridized carbons (Fsp3) is 0.824. The van der Waals surface area contributed by atoms with Gasteiger partial charge >= 0.3 is 12.1 Å². The summed E-state index contributed by atoms with van der Waals surface area (Å²) in [6.45, 7) is 2.76. The van der Waals surface area contributed by atoms with Crippen molar-refractivity contribution in [2.45, 2.75) is 95.7 Å². The molecule has 2 atom stereocenters. The zero-order valence-corrected chi connectivity index (χ0v) is 30.9. The molecular weight excluding hydrogens is 724 g/mol. The number of hydrogen-bond acceptors (Lipinski definition) is 18. The van der Waals surface area contributed by atoms with Gasteiger partial charge in [-0.25, -0.2) is 9.59 Å². The van der Waals surface area contributed by atoms with Gasteiger partial charge in [0.15, 0.2) is 0 Å². The summed E-state index contributed by atoms with van der Waals surface area (Å²) in [6.07, 6.45) is 3.44. The molecule has 2 heterocycles. The summed E-state index contributed by atoms with van der Waals surface area (Å²) in [4.78, 5) is 78.0. The van der Waals surface area contributed by atoms with Gasteiger partial charge in [0, 0.05) is 91.6 Å². The van der Waals surface area contributed by atoms with Gasteiger partial charge in [0.1, 0.15) is 18.8 Å². The second kappa shape index (κ2) is 32.0. The fourth-order valence-corrected chi connectivity index (χ4v) is 4.45. The molecule has 0 radical (unpaired) electrons. The van der Waals surface area contributed by atoms with E-state index < -0.39 is 41.9 Å². The van der Waals surface area contributed by atoms with Crippen LogP contribution in [-0.2, 0) is 62.1 Å². The number of amides is 4. The van der Waals surface area contributed by atoms with Crippen LogP contribution < -0.4 is 0 Å². The predicted molar refractivity (Wildman–Crippen MR) is 183 cm³/mol. The molecule has 2 unspecified atom stereocenters. The predicted octanol–water partition coefficient (Wildman–Crippen LogP) is 0.0975. The number of carbonyl (C=O) groups excluding carboxylic acids is 6. The Hall–Kier alpha value is -3.34. The van der Waals surface area contributed by atoms with Gasteiger partial charge in [-0.3, -0.25) is 24.0 Å². The quantitative estimate of drug-likeness (QED) is 0.0413. The van der Waals surface area contributed by atoms with Crippen molar-refractivity contribution in [3.05, 3.63) is 0 Å². The summed E-state index contributed by atoms with van der Waals surface area (Å²) >= 11 is 0. The van der Waals surface area contributed by atoms with E-state index in [-0.39, 0.29) is 84.5 Å². The number of carbonyl (C=O) groups is 6. The van der Waals surface area contributed by atoms with Crippen molar-refractivity contribution in [1.29, 1.82) is 0 Å². The summed E-state index contributed by atoms with van der Waals surface area (Å²) < 4.78 is 32.2. The molecule has 0 aromatic rings. The molecule has 0 aromatic heterocycles. The van der Waals surface area contributed by atoms with Crippen LogP contribution in [0.2, 0.25) is 0 Å². The average molecular weight is 783 g/mol. The van der Waals surface area contributed by atoms with Crippen LogP contribution in [0.25, 0.3) is 0 Å². The van der Waals surface area contributed by atoms with E-state index in [4.69, 9.17) is 53.7 Å². The van der Waals surface area contributed by atoms with Crippen molar-refractivity contribution in [2.75, 3.05) is 85.9 Å². The first-order chi connectivity index (χ1) is 26.2. The molecule has 0 saturated carbocycles. The number of unbranched alkanes of at least 4 members (excludes halogenated alkanes) is 3. The van der Waals surface area contributed by atoms with Crippen molar-refractivity contribution < 1.29 is 87.3 Å². The lowest BCUT2D eigenvalue weighted by molar-refractivity contribution is -0.197. The van der Waals surface area contributed by atoms with Gasteiger partial charge < -0.3 is 53.7 Å². The molecular formula is C34H58N2O18. The van der Waals surface area contributed by atoms with Crippen molar-refractivity contribution in [3.8, 4) is 0 Å². The van der Waals surface area contributed by atoms with Gasteiger partial charge in [-0.05, 0) is 38.5 Å². The van der Waals surface area contributed by atoms with Gasteiger partial charge in [0.2, 0.25) is 0 Å². The summed E-state index contributed by atoms with van der Waals surface area (Å²) in [5.41, 5.74) is 0. The maximum absolute atomic E-state index is 11.7. The third kappa shape index (κ3) is 23.4. The topological polar surface area (TPSA) is 264 Å². The lowest BCUT2D eigenvalue weighted by atomic mass is 10.1. The molecule has 20 heteroatoms. The maximum Gasteiger partial charge on any atom is 0.534 e. The zero-order chi connectivity index (χ0) is 39.8. The maximum atomic E-state index is 11.7. The lowest BCUT2D eigenvalue weighted by Crippen LogP contribution is -2.34. The van der Waals surface area contributed by atoms with Gasteiger partial charge in [-0.2, -0.15) is 0 Å². The van der Waals surface area contributed by atoms with Crippen LogP contribution >= 0.6 is 0 Å². The Labute approximate surface area is 314 Å². The molecule has 2 fully saturated rings. The highest BCUT2D eigenvalue weighted by atomic mass is 16.8. The Balaban J connectivity index is 0.000000553. The monoisotopic (exact) mass is 782 g/mol. The minimum atomic E-state index is -1.19. The van der Waals surface area contributed by atoms with E-state index in [1.807, 2.05) is 0 Å². The number of imide groups is 2. The van der Waals surface area contributed by atoms with E-state index in [1.54, 1.807) is 0 Å². The Morgan fingerprint density at radius 2 is 0.889 bits per heavy atom. The number of aliphatic hydroxyl groups excluding tert-OH is 4. The number of rotatable bonds is 31. The van der Waals surface area contributed by atoms with Crippen LogP contribution in [0.5, 0.6) is 0 Å². The number of aliphatic hydroxyl groups is 4. The first-order valence-corrected chi connectivity index (χ1v) is 18.3. The highest BCUT2D eigenvalue weighted by molar-refractivity contribution is 6.02. The summed E-state index contributed by atoms with van der Waals surface area (Å²) in [5, 5.41) is 36.0. The molecule has 2 aliphatic rings. The van der Waals surface area contributed by atoms with Crippen molar-refractivity contribution in [1.82, 2.24) is 10.1 Å². The second-order valence-corrected chi connectivity index (χ2v) is 12.0. The minimum Gasteiger partial charge on any atom is -0.430 e. The fourth-order valence-electron chi connectivity index (χ4n) is 4.45. The van der Waals surface area contributed by atoms with E-state index in [0.29, 0.717) is 81.9 Å². The number of nitrogens with zero attached hydrogens (tertiary/aromatic N) is 2. The van der Waals surface area contributed by atoms with Crippen LogP contribution in [0.4, 0.5) is 4.79 Å². The molecule has 0 spiro atoms. The lowest BCUT2D eigenvalue weighted by Gasteiger charge is -2.18. The first kappa shape index (κ1) is 48.7. The third-order valence-corrected chi connectivity index (χ3v) is 7.29. The van der Waals surface area contributed by atoms with Crippen molar-refractivity contribution in [3.63, 3.8) is 0 Å². The minimum absolute atomic E-state index is 0.00228. The van der Waals surface area contributed by atoms with E-state index >= 15 is 0 Å². The normalized spacial score (nSPS) is 15.3. The van der Waals surface area contributed by atoms with Crippen LogP contribution in [0.1, 0.15) is 83.5 Å². The molecule has 4 amide bonds. The van der Waals surface area contributed by atoms with Crippen molar-refractivity contribution in [2.24, 2.45) is 0 Å². The molecule has 0 aliphatic carbocycles. The molecule has 2 saturated heterocycles. The van der Waals surface area contributed by atoms with Gasteiger partial charge in [-0.1, -0.05) is 17.9 Å². The third-order valence-electron chi connectivity index (χ3n) is 7.29. The Bertz CT molecular complexity index is 1050. The SMILES string of the molecule is O=C(CCCCCCOCC(COCCCO)OCCCO)ON1C(=O)CCC1=O.O=C(OCC(COCCCO)OCCCO)ON1C(=O)CCC1=O. The summed E-state index contributed by atoms with van der Waals surface area (Å²) in [6, 6.07) is 0. The van der Waals surface area contributed by atoms with E-state index in [0.717, 1.165) is 19.3 Å². The molecule has 2 rings (SSSR count). The van der Waals surface area contributed by atoms with Crippen LogP contribution in [0.15, 0.2) is 0 Å². The van der Waals surface area contributed by atoms with E-state index in [2.05, 4.69) is 4.84 Å². The highest BCUT2D eigenvalue weighted by Crippen LogP contribution is 2.14. The summed E-state index contributed by atoms with van der Waals surface area (Å²) in [7, 11) is 0. The molecule has 0 bridgehead atoms.